The molecular formula is C5H12O6P2. The molecule has 0 aromatic heterocycles. The maximum atomic E-state index is 11.1. The highest BCUT2D eigenvalue weighted by Gasteiger charge is 2.41. The standard InChI is InChI=1S/C5H12O6P2/c1-4-5(2)11-13(8,9)3-12(6,7)10-4/h4-5H,3H2,1-2H3,(H,6,7)(H,8,9). The van der Waals surface area contributed by atoms with E-state index in [-0.39, 0.29) is 0 Å². The Kier molecular flexibility index (Phi) is 3.03. The van der Waals surface area contributed by atoms with Crippen molar-refractivity contribution in [2.45, 2.75) is 26.1 Å². The first kappa shape index (κ1) is 11.4. The second kappa shape index (κ2) is 3.46. The molecule has 4 unspecified atom stereocenters. The van der Waals surface area contributed by atoms with Crippen LogP contribution in [0.4, 0.5) is 0 Å². The van der Waals surface area contributed by atoms with E-state index >= 15 is 0 Å². The molecule has 0 bridgehead atoms. The summed E-state index contributed by atoms with van der Waals surface area (Å²) in [6.07, 6.45) is -1.34. The van der Waals surface area contributed by atoms with Crippen LogP contribution in [0.1, 0.15) is 13.8 Å². The molecule has 1 heterocycles. The second-order valence-electron chi connectivity index (χ2n) is 3.04. The van der Waals surface area contributed by atoms with E-state index in [1.165, 1.54) is 13.8 Å². The van der Waals surface area contributed by atoms with Crippen LogP contribution >= 0.6 is 15.2 Å². The van der Waals surface area contributed by atoms with Crippen LogP contribution in [0.25, 0.3) is 0 Å². The van der Waals surface area contributed by atoms with Gasteiger partial charge in [0.25, 0.3) is 0 Å². The topological polar surface area (TPSA) is 93.1 Å². The highest BCUT2D eigenvalue weighted by atomic mass is 31.2. The molecule has 0 aromatic rings. The van der Waals surface area contributed by atoms with E-state index in [2.05, 4.69) is 0 Å². The summed E-state index contributed by atoms with van der Waals surface area (Å²) in [4.78, 5) is 18.2. The Bertz CT molecular complexity index is 261. The zero-order valence-electron chi connectivity index (χ0n) is 7.28. The van der Waals surface area contributed by atoms with Gasteiger partial charge in [-0.3, -0.25) is 9.13 Å². The van der Waals surface area contributed by atoms with Gasteiger partial charge >= 0.3 is 15.2 Å². The lowest BCUT2D eigenvalue weighted by Crippen LogP contribution is -2.21. The Balaban J connectivity index is 2.94. The van der Waals surface area contributed by atoms with Crippen LogP contribution in [0.15, 0.2) is 0 Å². The van der Waals surface area contributed by atoms with Crippen molar-refractivity contribution in [3.8, 4) is 0 Å². The quantitative estimate of drug-likeness (QED) is 0.606. The van der Waals surface area contributed by atoms with E-state index in [0.717, 1.165) is 0 Å². The Morgan fingerprint density at radius 2 is 1.38 bits per heavy atom. The van der Waals surface area contributed by atoms with Crippen molar-refractivity contribution in [1.29, 1.82) is 0 Å². The molecule has 6 nitrogen and oxygen atoms in total. The predicted molar refractivity (Wildman–Crippen MR) is 45.6 cm³/mol. The Labute approximate surface area is 75.9 Å². The van der Waals surface area contributed by atoms with Crippen LogP contribution in [-0.2, 0) is 18.2 Å². The normalized spacial score (nSPS) is 52.9. The van der Waals surface area contributed by atoms with E-state index in [1.807, 2.05) is 0 Å². The molecule has 0 radical (unpaired) electrons. The van der Waals surface area contributed by atoms with Gasteiger partial charge in [0, 0.05) is 0 Å². The molecule has 0 amide bonds. The number of hydrogen-bond acceptors (Lipinski definition) is 4. The van der Waals surface area contributed by atoms with Gasteiger partial charge in [0.1, 0.15) is 0 Å². The van der Waals surface area contributed by atoms with Gasteiger partial charge in [-0.1, -0.05) is 0 Å². The first-order valence-electron chi connectivity index (χ1n) is 3.72. The van der Waals surface area contributed by atoms with Crippen molar-refractivity contribution >= 4 is 15.2 Å². The zero-order valence-corrected chi connectivity index (χ0v) is 9.07. The third kappa shape index (κ3) is 3.17. The molecule has 1 aliphatic rings. The van der Waals surface area contributed by atoms with Gasteiger partial charge in [-0.2, -0.15) is 0 Å². The van der Waals surface area contributed by atoms with Crippen LogP contribution in [0, 0.1) is 0 Å². The molecule has 0 aliphatic carbocycles. The van der Waals surface area contributed by atoms with Crippen LogP contribution in [0.2, 0.25) is 0 Å². The Hall–Kier alpha value is 0.300. The summed E-state index contributed by atoms with van der Waals surface area (Å²) >= 11 is 0. The molecular weight excluding hydrogens is 218 g/mol. The van der Waals surface area contributed by atoms with Crippen molar-refractivity contribution in [3.05, 3.63) is 0 Å². The summed E-state index contributed by atoms with van der Waals surface area (Å²) in [5.74, 6) is -0.839. The lowest BCUT2D eigenvalue weighted by atomic mass is 10.3. The van der Waals surface area contributed by atoms with Gasteiger partial charge < -0.3 is 18.8 Å². The Morgan fingerprint density at radius 3 is 1.69 bits per heavy atom. The van der Waals surface area contributed by atoms with E-state index in [0.29, 0.717) is 0 Å². The Morgan fingerprint density at radius 1 is 1.08 bits per heavy atom. The third-order valence-corrected chi connectivity index (χ3v) is 5.86. The summed E-state index contributed by atoms with van der Waals surface area (Å²) in [5.41, 5.74) is 0. The average Bonchev–Trinajstić information content (AvgIpc) is 1.85. The highest BCUT2D eigenvalue weighted by Crippen LogP contribution is 2.62. The molecule has 0 aromatic carbocycles. The largest absolute Gasteiger partial charge is 0.340 e. The van der Waals surface area contributed by atoms with Crippen LogP contribution in [-0.4, -0.2) is 27.9 Å². The third-order valence-electron chi connectivity index (χ3n) is 1.68. The molecule has 2 N–H and O–H groups in total. The first-order chi connectivity index (χ1) is 5.72. The SMILES string of the molecule is CC1OP(=O)(O)CP(=O)(O)OC1C. The van der Waals surface area contributed by atoms with Crippen molar-refractivity contribution < 1.29 is 28.0 Å². The maximum absolute atomic E-state index is 11.1. The van der Waals surface area contributed by atoms with Crippen molar-refractivity contribution in [2.75, 3.05) is 5.90 Å². The molecule has 78 valence electrons. The van der Waals surface area contributed by atoms with Gasteiger partial charge in [0.2, 0.25) is 0 Å². The number of hydrogen-bond donors (Lipinski definition) is 2. The summed E-state index contributed by atoms with van der Waals surface area (Å²) in [7, 11) is -7.97. The fourth-order valence-corrected chi connectivity index (χ4v) is 4.71. The van der Waals surface area contributed by atoms with Gasteiger partial charge in [0.05, 0.1) is 12.2 Å². The monoisotopic (exact) mass is 230 g/mol. The molecule has 1 fully saturated rings. The lowest BCUT2D eigenvalue weighted by Gasteiger charge is -2.16. The minimum absolute atomic E-state index is 0.668. The fraction of sp³-hybridized carbons (Fsp3) is 1.00. The lowest BCUT2D eigenvalue weighted by molar-refractivity contribution is 0.0722. The van der Waals surface area contributed by atoms with Crippen molar-refractivity contribution in [1.82, 2.24) is 0 Å². The second-order valence-corrected chi connectivity index (χ2v) is 7.14. The molecule has 0 saturated carbocycles. The van der Waals surface area contributed by atoms with Crippen molar-refractivity contribution in [2.24, 2.45) is 0 Å². The summed E-state index contributed by atoms with van der Waals surface area (Å²) in [6, 6.07) is 0. The van der Waals surface area contributed by atoms with Crippen LogP contribution < -0.4 is 0 Å². The first-order valence-corrected chi connectivity index (χ1v) is 7.25. The van der Waals surface area contributed by atoms with Crippen LogP contribution in [0.3, 0.4) is 0 Å². The molecule has 1 saturated heterocycles. The summed E-state index contributed by atoms with van der Waals surface area (Å²) in [5, 5.41) is 0. The fourth-order valence-electron chi connectivity index (χ4n) is 0.984. The molecule has 1 rings (SSSR count). The maximum Gasteiger partial charge on any atom is 0.340 e. The van der Waals surface area contributed by atoms with E-state index < -0.39 is 33.3 Å². The van der Waals surface area contributed by atoms with Gasteiger partial charge in [-0.05, 0) is 13.8 Å². The summed E-state index contributed by atoms with van der Waals surface area (Å²) < 4.78 is 31.7. The van der Waals surface area contributed by atoms with Gasteiger partial charge in [0.15, 0.2) is 5.90 Å². The molecule has 0 spiro atoms. The number of rotatable bonds is 0. The minimum Gasteiger partial charge on any atom is -0.324 e. The van der Waals surface area contributed by atoms with E-state index in [4.69, 9.17) is 18.8 Å². The smallest absolute Gasteiger partial charge is 0.324 e. The van der Waals surface area contributed by atoms with Gasteiger partial charge in [-0.15, -0.1) is 0 Å². The van der Waals surface area contributed by atoms with E-state index in [9.17, 15) is 9.13 Å². The highest BCUT2D eigenvalue weighted by molar-refractivity contribution is 7.70. The zero-order chi connectivity index (χ0) is 10.3. The molecule has 8 heteroatoms. The minimum atomic E-state index is -3.98. The molecule has 4 atom stereocenters. The average molecular weight is 230 g/mol. The van der Waals surface area contributed by atoms with E-state index in [1.54, 1.807) is 0 Å². The molecule has 1 aliphatic heterocycles. The predicted octanol–water partition coefficient (Wildman–Crippen LogP) is 1.14. The molecule has 13 heavy (non-hydrogen) atoms. The van der Waals surface area contributed by atoms with Crippen molar-refractivity contribution in [3.63, 3.8) is 0 Å². The van der Waals surface area contributed by atoms with Gasteiger partial charge in [-0.25, -0.2) is 0 Å². The van der Waals surface area contributed by atoms with Crippen LogP contribution in [0.5, 0.6) is 0 Å². The summed E-state index contributed by atoms with van der Waals surface area (Å²) in [6.45, 7) is 3.03.